The number of aromatic nitrogens is 5. The number of pyridine rings is 2. The molecule has 9 nitrogen and oxygen atoms in total. The van der Waals surface area contributed by atoms with Crippen molar-refractivity contribution >= 4 is 27.6 Å². The first kappa shape index (κ1) is 28.9. The molecule has 0 amide bonds. The van der Waals surface area contributed by atoms with Crippen LogP contribution in [0, 0.1) is 5.82 Å². The molecule has 0 unspecified atom stereocenters. The third-order valence-electron chi connectivity index (χ3n) is 8.37. The summed E-state index contributed by atoms with van der Waals surface area (Å²) in [6.07, 6.45) is 7.92. The molecular formula is C35H37FN8O. The largest absolute Gasteiger partial charge is 0.491 e. The van der Waals surface area contributed by atoms with E-state index in [0.717, 1.165) is 94.1 Å². The minimum atomic E-state index is -0.290. The number of aromatic amines is 2. The third-order valence-corrected chi connectivity index (χ3v) is 8.37. The Morgan fingerprint density at radius 1 is 0.956 bits per heavy atom. The van der Waals surface area contributed by atoms with Crippen molar-refractivity contribution in [2.45, 2.75) is 12.8 Å². The van der Waals surface area contributed by atoms with Crippen molar-refractivity contribution in [3.05, 3.63) is 79.0 Å². The molecule has 2 aromatic carbocycles. The molecule has 0 bridgehead atoms. The molecule has 0 spiro atoms. The number of likely N-dealkylation sites (tertiary alicyclic amines) is 1. The Hall–Kier alpha value is -4.80. The Morgan fingerprint density at radius 3 is 2.71 bits per heavy atom. The second-order valence-electron chi connectivity index (χ2n) is 11.9. The smallest absolute Gasteiger partial charge is 0.138 e. The molecule has 10 heteroatoms. The van der Waals surface area contributed by atoms with Gasteiger partial charge in [0.2, 0.25) is 0 Å². The van der Waals surface area contributed by atoms with E-state index >= 15 is 0 Å². The first-order chi connectivity index (χ1) is 22.0. The number of ether oxygens (including phenoxy) is 1. The molecule has 1 fully saturated rings. The van der Waals surface area contributed by atoms with Gasteiger partial charge in [-0.3, -0.25) is 15.0 Å². The van der Waals surface area contributed by atoms with E-state index in [-0.39, 0.29) is 5.82 Å². The Balaban J connectivity index is 1.17. The minimum absolute atomic E-state index is 0.290. The summed E-state index contributed by atoms with van der Waals surface area (Å²) < 4.78 is 20.8. The number of hydrogen-bond donors (Lipinski definition) is 3. The van der Waals surface area contributed by atoms with Crippen molar-refractivity contribution < 1.29 is 9.13 Å². The van der Waals surface area contributed by atoms with E-state index in [1.807, 2.05) is 50.6 Å². The maximum atomic E-state index is 14.7. The molecule has 0 aliphatic carbocycles. The molecule has 1 saturated heterocycles. The van der Waals surface area contributed by atoms with E-state index in [4.69, 9.17) is 4.74 Å². The molecule has 0 atom stereocenters. The molecule has 5 heterocycles. The zero-order chi connectivity index (χ0) is 30.8. The Morgan fingerprint density at radius 2 is 1.84 bits per heavy atom. The number of likely N-dealkylation sites (N-methyl/N-ethyl adjacent to an activating group) is 1. The van der Waals surface area contributed by atoms with Gasteiger partial charge in [0.25, 0.3) is 0 Å². The summed E-state index contributed by atoms with van der Waals surface area (Å²) in [7, 11) is 4.03. The van der Waals surface area contributed by atoms with Gasteiger partial charge in [-0.2, -0.15) is 5.10 Å². The number of halogens is 1. The fourth-order valence-corrected chi connectivity index (χ4v) is 6.03. The van der Waals surface area contributed by atoms with Crippen LogP contribution in [0.2, 0.25) is 0 Å². The van der Waals surface area contributed by atoms with Gasteiger partial charge in [-0.15, -0.1) is 0 Å². The number of hydrogen-bond acceptors (Lipinski definition) is 7. The standard InChI is InChI=1S/C35H37FN8O/c1-43(2)12-9-38-27-16-24(15-26(36)19-27)29-7-8-39-35-30(29)20-33(40-35)34-31-18-23(5-6-32(31)41-42-34)25-17-28(22-37-21-25)45-14-13-44-10-3-4-11-44/h5-8,15-22,38H,3-4,9-14H2,1-2H3,(H,39,40)(H,41,42). The number of nitrogens with zero attached hydrogens (tertiary/aromatic N) is 5. The van der Waals surface area contributed by atoms with Crippen LogP contribution in [0.15, 0.2) is 73.2 Å². The van der Waals surface area contributed by atoms with E-state index < -0.39 is 0 Å². The maximum absolute atomic E-state index is 14.7. The lowest BCUT2D eigenvalue weighted by Gasteiger charge is -2.15. The Kier molecular flexibility index (Phi) is 8.15. The van der Waals surface area contributed by atoms with Crippen LogP contribution in [0.1, 0.15) is 12.8 Å². The van der Waals surface area contributed by atoms with Crippen molar-refractivity contribution in [3.63, 3.8) is 0 Å². The molecule has 3 N–H and O–H groups in total. The second kappa shape index (κ2) is 12.7. The van der Waals surface area contributed by atoms with Gasteiger partial charge >= 0.3 is 0 Å². The molecule has 0 radical (unpaired) electrons. The van der Waals surface area contributed by atoms with Gasteiger partial charge in [0.15, 0.2) is 0 Å². The van der Waals surface area contributed by atoms with Crippen LogP contribution in [0.3, 0.4) is 0 Å². The number of nitrogens with one attached hydrogen (secondary N) is 3. The molecule has 45 heavy (non-hydrogen) atoms. The monoisotopic (exact) mass is 604 g/mol. The molecule has 7 rings (SSSR count). The first-order valence-electron chi connectivity index (χ1n) is 15.5. The van der Waals surface area contributed by atoms with Gasteiger partial charge < -0.3 is 19.9 Å². The van der Waals surface area contributed by atoms with Crippen LogP contribution in [-0.4, -0.2) is 88.4 Å². The molecule has 0 saturated carbocycles. The number of anilines is 1. The van der Waals surface area contributed by atoms with Crippen molar-refractivity contribution in [2.24, 2.45) is 0 Å². The highest BCUT2D eigenvalue weighted by Crippen LogP contribution is 2.36. The van der Waals surface area contributed by atoms with Gasteiger partial charge in [-0.1, -0.05) is 6.07 Å². The summed E-state index contributed by atoms with van der Waals surface area (Å²) in [5.41, 5.74) is 7.66. The molecule has 6 aromatic rings. The van der Waals surface area contributed by atoms with Crippen molar-refractivity contribution in [2.75, 3.05) is 58.7 Å². The lowest BCUT2D eigenvalue weighted by atomic mass is 10.0. The Labute approximate surface area is 261 Å². The average molecular weight is 605 g/mol. The predicted octanol–water partition coefficient (Wildman–Crippen LogP) is 6.42. The van der Waals surface area contributed by atoms with Gasteiger partial charge in [0, 0.05) is 54.1 Å². The van der Waals surface area contributed by atoms with E-state index in [1.165, 1.54) is 18.9 Å². The van der Waals surface area contributed by atoms with Crippen LogP contribution >= 0.6 is 0 Å². The van der Waals surface area contributed by atoms with E-state index in [9.17, 15) is 4.39 Å². The average Bonchev–Trinajstić information content (AvgIpc) is 3.80. The number of H-pyrrole nitrogens is 2. The van der Waals surface area contributed by atoms with Crippen molar-refractivity contribution in [1.82, 2.24) is 34.9 Å². The van der Waals surface area contributed by atoms with Crippen molar-refractivity contribution in [3.8, 4) is 39.4 Å². The summed E-state index contributed by atoms with van der Waals surface area (Å²) in [5, 5.41) is 13.0. The third kappa shape index (κ3) is 6.38. The van der Waals surface area contributed by atoms with Crippen LogP contribution in [-0.2, 0) is 0 Å². The predicted molar refractivity (Wildman–Crippen MR) is 178 cm³/mol. The van der Waals surface area contributed by atoms with Crippen LogP contribution in [0.25, 0.3) is 55.6 Å². The normalized spacial score (nSPS) is 13.8. The fourth-order valence-electron chi connectivity index (χ4n) is 6.03. The fraction of sp³-hybridized carbons (Fsp3) is 0.286. The molecule has 1 aliphatic heterocycles. The van der Waals surface area contributed by atoms with Gasteiger partial charge in [0.05, 0.1) is 17.4 Å². The van der Waals surface area contributed by atoms with Crippen LogP contribution in [0.5, 0.6) is 5.75 Å². The highest BCUT2D eigenvalue weighted by molar-refractivity contribution is 6.00. The minimum Gasteiger partial charge on any atom is -0.491 e. The molecule has 4 aromatic heterocycles. The number of benzene rings is 2. The molecule has 1 aliphatic rings. The maximum Gasteiger partial charge on any atom is 0.138 e. The topological polar surface area (TPSA) is 98.0 Å². The van der Waals surface area contributed by atoms with Gasteiger partial charge in [-0.25, -0.2) is 9.37 Å². The lowest BCUT2D eigenvalue weighted by Crippen LogP contribution is -2.25. The summed E-state index contributed by atoms with van der Waals surface area (Å²) in [6, 6.07) is 17.3. The van der Waals surface area contributed by atoms with Crippen LogP contribution in [0.4, 0.5) is 10.1 Å². The van der Waals surface area contributed by atoms with E-state index in [2.05, 4.69) is 52.4 Å². The zero-order valence-electron chi connectivity index (χ0n) is 25.6. The molecular weight excluding hydrogens is 567 g/mol. The van der Waals surface area contributed by atoms with Crippen molar-refractivity contribution in [1.29, 1.82) is 0 Å². The highest BCUT2D eigenvalue weighted by Gasteiger charge is 2.16. The Bertz CT molecular complexity index is 1940. The quantitative estimate of drug-likeness (QED) is 0.157. The van der Waals surface area contributed by atoms with E-state index in [1.54, 1.807) is 18.5 Å². The van der Waals surface area contributed by atoms with Crippen LogP contribution < -0.4 is 10.1 Å². The summed E-state index contributed by atoms with van der Waals surface area (Å²) in [6.45, 7) is 5.46. The number of fused-ring (bicyclic) bond motifs is 2. The SMILES string of the molecule is CN(C)CCNc1cc(F)cc(-c2ccnc3[nH]c(-c4n[nH]c5ccc(-c6cncc(OCCN7CCCC7)c6)cc45)cc23)c1. The molecule has 230 valence electrons. The second-order valence-corrected chi connectivity index (χ2v) is 11.9. The number of rotatable bonds is 11. The summed E-state index contributed by atoms with van der Waals surface area (Å²) >= 11 is 0. The van der Waals surface area contributed by atoms with E-state index in [0.29, 0.717) is 12.3 Å². The van der Waals surface area contributed by atoms with Gasteiger partial charge in [0.1, 0.15) is 29.5 Å². The lowest BCUT2D eigenvalue weighted by molar-refractivity contribution is 0.237. The highest BCUT2D eigenvalue weighted by atomic mass is 19.1. The summed E-state index contributed by atoms with van der Waals surface area (Å²) in [4.78, 5) is 17.0. The zero-order valence-corrected chi connectivity index (χ0v) is 25.6. The first-order valence-corrected chi connectivity index (χ1v) is 15.5. The van der Waals surface area contributed by atoms with Gasteiger partial charge in [-0.05, 0) is 105 Å². The summed E-state index contributed by atoms with van der Waals surface area (Å²) in [5.74, 6) is 0.476.